The van der Waals surface area contributed by atoms with Crippen LogP contribution in [0.15, 0.2) is 138 Å². The molecule has 0 aromatic heterocycles. The summed E-state index contributed by atoms with van der Waals surface area (Å²) >= 11 is 7.51. The maximum absolute atomic E-state index is 13.7. The second-order valence-corrected chi connectivity index (χ2v) is 12.0. The van der Waals surface area contributed by atoms with Crippen molar-refractivity contribution in [2.45, 2.75) is 10.1 Å². The lowest BCUT2D eigenvalue weighted by Gasteiger charge is -2.18. The Kier molecular flexibility index (Phi) is 9.86. The van der Waals surface area contributed by atoms with Crippen molar-refractivity contribution in [2.24, 2.45) is 0 Å². The average Bonchev–Trinajstić information content (AvgIpc) is 3.56. The van der Waals surface area contributed by atoms with Gasteiger partial charge in [0.2, 0.25) is 12.7 Å². The van der Waals surface area contributed by atoms with Gasteiger partial charge in [-0.15, -0.1) is 11.8 Å². The standard InChI is InChI=1S/C37H28ClN3O5S/c38-27-14-7-9-24(19-27)20-31(41-35(42)26-12-5-2-6-13-26)36(43)39-28-15-8-16-30(21-28)47-34(25-10-3-1-4-11-25)37(44)40-29-17-18-32-33(22-29)46-23-45-32/h1-22,34H,23H2,(H,39,43)(H,40,44)(H,41,42)/b31-20-. The minimum absolute atomic E-state index is 0.0319. The van der Waals surface area contributed by atoms with Crippen molar-refractivity contribution >= 4 is 58.5 Å². The lowest BCUT2D eigenvalue weighted by molar-refractivity contribution is -0.116. The van der Waals surface area contributed by atoms with Crippen LogP contribution < -0.4 is 25.4 Å². The molecule has 5 aromatic rings. The highest BCUT2D eigenvalue weighted by Gasteiger charge is 2.24. The number of anilines is 2. The monoisotopic (exact) mass is 661 g/mol. The molecular formula is C37H28ClN3O5S. The van der Waals surface area contributed by atoms with E-state index in [0.29, 0.717) is 39.0 Å². The van der Waals surface area contributed by atoms with Crippen LogP contribution in [0.3, 0.4) is 0 Å². The number of halogens is 1. The summed E-state index contributed by atoms with van der Waals surface area (Å²) in [6.07, 6.45) is 1.56. The molecule has 0 fully saturated rings. The highest BCUT2D eigenvalue weighted by Crippen LogP contribution is 2.39. The van der Waals surface area contributed by atoms with E-state index in [1.54, 1.807) is 97.1 Å². The van der Waals surface area contributed by atoms with Crippen molar-refractivity contribution in [1.29, 1.82) is 0 Å². The molecule has 47 heavy (non-hydrogen) atoms. The van der Waals surface area contributed by atoms with Crippen LogP contribution in [0.25, 0.3) is 6.08 Å². The number of fused-ring (bicyclic) bond motifs is 1. The molecule has 0 spiro atoms. The van der Waals surface area contributed by atoms with Gasteiger partial charge in [-0.3, -0.25) is 14.4 Å². The van der Waals surface area contributed by atoms with E-state index in [1.807, 2.05) is 36.4 Å². The largest absolute Gasteiger partial charge is 0.454 e. The summed E-state index contributed by atoms with van der Waals surface area (Å²) in [7, 11) is 0. The third-order valence-electron chi connectivity index (χ3n) is 7.01. The van der Waals surface area contributed by atoms with Gasteiger partial charge >= 0.3 is 0 Å². The molecule has 234 valence electrons. The van der Waals surface area contributed by atoms with Crippen molar-refractivity contribution in [2.75, 3.05) is 17.4 Å². The Bertz CT molecular complexity index is 1950. The fourth-order valence-electron chi connectivity index (χ4n) is 4.77. The number of carbonyl (C=O) groups is 3. The van der Waals surface area contributed by atoms with Crippen molar-refractivity contribution < 1.29 is 23.9 Å². The predicted molar refractivity (Wildman–Crippen MR) is 185 cm³/mol. The predicted octanol–water partition coefficient (Wildman–Crippen LogP) is 7.95. The maximum Gasteiger partial charge on any atom is 0.272 e. The van der Waals surface area contributed by atoms with Gasteiger partial charge in [-0.1, -0.05) is 78.3 Å². The van der Waals surface area contributed by atoms with Gasteiger partial charge in [0.1, 0.15) is 10.9 Å². The number of nitrogens with one attached hydrogen (secondary N) is 3. The first-order valence-corrected chi connectivity index (χ1v) is 15.8. The second kappa shape index (κ2) is 14.7. The van der Waals surface area contributed by atoms with Crippen LogP contribution in [-0.4, -0.2) is 24.5 Å². The number of hydrogen-bond donors (Lipinski definition) is 3. The van der Waals surface area contributed by atoms with Gasteiger partial charge in [0.25, 0.3) is 11.8 Å². The Labute approximate surface area is 280 Å². The molecule has 0 saturated heterocycles. The molecule has 6 rings (SSSR count). The Morgan fingerprint density at radius 2 is 1.45 bits per heavy atom. The SMILES string of the molecule is O=C(Nc1cccc(SC(C(=O)Nc2ccc3c(c2)OCO3)c2ccccc2)c1)/C(=C/c1cccc(Cl)c1)NC(=O)c1ccccc1. The van der Waals surface area contributed by atoms with Gasteiger partial charge < -0.3 is 25.4 Å². The summed E-state index contributed by atoms with van der Waals surface area (Å²) < 4.78 is 10.8. The molecule has 1 atom stereocenters. The smallest absolute Gasteiger partial charge is 0.272 e. The lowest BCUT2D eigenvalue weighted by atomic mass is 10.1. The van der Waals surface area contributed by atoms with Gasteiger partial charge in [0, 0.05) is 32.9 Å². The number of rotatable bonds is 10. The fraction of sp³-hybridized carbons (Fsp3) is 0.0541. The van der Waals surface area contributed by atoms with E-state index in [0.717, 1.165) is 10.5 Å². The summed E-state index contributed by atoms with van der Waals surface area (Å²) in [6.45, 7) is 0.138. The Balaban J connectivity index is 1.22. The van der Waals surface area contributed by atoms with E-state index >= 15 is 0 Å². The van der Waals surface area contributed by atoms with Crippen LogP contribution in [-0.2, 0) is 9.59 Å². The molecule has 3 N–H and O–H groups in total. The molecule has 0 aliphatic carbocycles. The Morgan fingerprint density at radius 1 is 0.723 bits per heavy atom. The van der Waals surface area contributed by atoms with Gasteiger partial charge in [-0.05, 0) is 71.8 Å². The zero-order valence-electron chi connectivity index (χ0n) is 24.8. The zero-order chi connectivity index (χ0) is 32.6. The van der Waals surface area contributed by atoms with Crippen molar-refractivity contribution in [3.63, 3.8) is 0 Å². The molecular weight excluding hydrogens is 634 g/mol. The van der Waals surface area contributed by atoms with E-state index in [-0.39, 0.29) is 18.4 Å². The molecule has 8 nitrogen and oxygen atoms in total. The maximum atomic E-state index is 13.7. The quantitative estimate of drug-likeness (QED) is 0.104. The van der Waals surface area contributed by atoms with Crippen molar-refractivity contribution in [1.82, 2.24) is 5.32 Å². The molecule has 0 bridgehead atoms. The van der Waals surface area contributed by atoms with Gasteiger partial charge in [-0.2, -0.15) is 0 Å². The Morgan fingerprint density at radius 3 is 2.23 bits per heavy atom. The molecule has 1 unspecified atom stereocenters. The Hall–Kier alpha value is -5.51. The van der Waals surface area contributed by atoms with E-state index in [9.17, 15) is 14.4 Å². The molecule has 1 aliphatic heterocycles. The van der Waals surface area contributed by atoms with E-state index < -0.39 is 17.1 Å². The highest BCUT2D eigenvalue weighted by molar-refractivity contribution is 8.00. The minimum atomic E-state index is -0.615. The second-order valence-electron chi connectivity index (χ2n) is 10.4. The van der Waals surface area contributed by atoms with E-state index in [4.69, 9.17) is 21.1 Å². The van der Waals surface area contributed by atoms with Crippen molar-refractivity contribution in [3.8, 4) is 11.5 Å². The van der Waals surface area contributed by atoms with Crippen LogP contribution >= 0.6 is 23.4 Å². The minimum Gasteiger partial charge on any atom is -0.454 e. The third kappa shape index (κ3) is 8.21. The van der Waals surface area contributed by atoms with Crippen LogP contribution in [0.4, 0.5) is 11.4 Å². The van der Waals surface area contributed by atoms with E-state index in [2.05, 4.69) is 16.0 Å². The first kappa shape index (κ1) is 31.5. The molecule has 1 heterocycles. The summed E-state index contributed by atoms with van der Waals surface area (Å²) in [5, 5.41) is 8.49. The topological polar surface area (TPSA) is 106 Å². The molecule has 0 radical (unpaired) electrons. The molecule has 10 heteroatoms. The van der Waals surface area contributed by atoms with Gasteiger partial charge in [0.15, 0.2) is 11.5 Å². The highest BCUT2D eigenvalue weighted by atomic mass is 35.5. The average molecular weight is 662 g/mol. The van der Waals surface area contributed by atoms with Crippen LogP contribution in [0, 0.1) is 0 Å². The third-order valence-corrected chi connectivity index (χ3v) is 8.50. The first-order valence-electron chi connectivity index (χ1n) is 14.6. The number of benzene rings is 5. The summed E-state index contributed by atoms with van der Waals surface area (Å²) in [4.78, 5) is 41.0. The first-order chi connectivity index (χ1) is 22.9. The zero-order valence-corrected chi connectivity index (χ0v) is 26.4. The normalized spacial score (nSPS) is 12.6. The number of carbonyl (C=O) groups excluding carboxylic acids is 3. The van der Waals surface area contributed by atoms with Gasteiger partial charge in [-0.25, -0.2) is 0 Å². The molecule has 1 aliphatic rings. The number of thioether (sulfide) groups is 1. The number of amides is 3. The number of hydrogen-bond acceptors (Lipinski definition) is 6. The summed E-state index contributed by atoms with van der Waals surface area (Å²) in [5.74, 6) is -0.00103. The fourth-order valence-corrected chi connectivity index (χ4v) is 6.05. The summed E-state index contributed by atoms with van der Waals surface area (Å²) in [5.41, 5.74) is 2.94. The molecule has 3 amide bonds. The molecule has 5 aromatic carbocycles. The molecule has 0 saturated carbocycles. The van der Waals surface area contributed by atoms with Crippen LogP contribution in [0.1, 0.15) is 26.7 Å². The number of ether oxygens (including phenoxy) is 2. The summed E-state index contributed by atoms with van der Waals surface area (Å²) in [6, 6.07) is 37.4. The van der Waals surface area contributed by atoms with E-state index in [1.165, 1.54) is 11.8 Å². The van der Waals surface area contributed by atoms with Crippen LogP contribution in [0.2, 0.25) is 5.02 Å². The van der Waals surface area contributed by atoms with Crippen LogP contribution in [0.5, 0.6) is 11.5 Å². The lowest BCUT2D eigenvalue weighted by Crippen LogP contribution is -2.30. The van der Waals surface area contributed by atoms with Gasteiger partial charge in [0.05, 0.1) is 0 Å². The van der Waals surface area contributed by atoms with Crippen molar-refractivity contribution in [3.05, 3.63) is 155 Å².